The lowest BCUT2D eigenvalue weighted by Crippen LogP contribution is -2.14. The van der Waals surface area contributed by atoms with Crippen LogP contribution in [0.4, 0.5) is 0 Å². The molecule has 0 aliphatic carbocycles. The molecule has 0 radical (unpaired) electrons. The Balaban J connectivity index is 1.85. The second-order valence-corrected chi connectivity index (χ2v) is 5.14. The van der Waals surface area contributed by atoms with Gasteiger partial charge in [-0.15, -0.1) is 0 Å². The smallest absolute Gasteiger partial charge is 0.148 e. The molecular weight excluding hydrogens is 286 g/mol. The lowest BCUT2D eigenvalue weighted by molar-refractivity contribution is 0.290. The molecule has 2 N–H and O–H groups in total. The fourth-order valence-corrected chi connectivity index (χ4v) is 2.42. The Morgan fingerprint density at radius 2 is 1.86 bits per heavy atom. The van der Waals surface area contributed by atoms with Crippen molar-refractivity contribution < 1.29 is 4.74 Å². The van der Waals surface area contributed by atoms with Crippen LogP contribution in [-0.4, -0.2) is 16.1 Å². The van der Waals surface area contributed by atoms with Crippen LogP contribution in [0.2, 0.25) is 5.02 Å². The van der Waals surface area contributed by atoms with E-state index < -0.39 is 0 Å². The van der Waals surface area contributed by atoms with Gasteiger partial charge in [0.25, 0.3) is 0 Å². The lowest BCUT2D eigenvalue weighted by atomic mass is 10.3. The molecule has 21 heavy (non-hydrogen) atoms. The molecule has 1 aromatic heterocycles. The molecule has 0 spiro atoms. The number of imidazole rings is 1. The Kier molecular flexibility index (Phi) is 4.08. The van der Waals surface area contributed by atoms with Crippen LogP contribution in [0.25, 0.3) is 11.0 Å². The maximum atomic E-state index is 5.86. The molecule has 0 amide bonds. The molecule has 0 saturated heterocycles. The second-order valence-electron chi connectivity index (χ2n) is 4.70. The van der Waals surface area contributed by atoms with Gasteiger partial charge in [-0.3, -0.25) is 0 Å². The maximum absolute atomic E-state index is 5.86. The van der Waals surface area contributed by atoms with E-state index in [4.69, 9.17) is 22.1 Å². The van der Waals surface area contributed by atoms with Crippen LogP contribution in [0.5, 0.6) is 5.75 Å². The molecule has 2 aromatic carbocycles. The van der Waals surface area contributed by atoms with Crippen molar-refractivity contribution in [3.8, 4) is 5.75 Å². The first-order chi connectivity index (χ1) is 10.3. The minimum Gasteiger partial charge on any atom is -0.486 e. The molecule has 5 heteroatoms. The van der Waals surface area contributed by atoms with Crippen molar-refractivity contribution in [3.63, 3.8) is 0 Å². The summed E-state index contributed by atoms with van der Waals surface area (Å²) >= 11 is 5.86. The number of benzene rings is 2. The number of fused-ring (bicyclic) bond motifs is 1. The summed E-state index contributed by atoms with van der Waals surface area (Å²) < 4.78 is 7.88. The molecule has 0 fully saturated rings. The molecule has 0 bridgehead atoms. The molecule has 1 heterocycles. The van der Waals surface area contributed by atoms with Crippen LogP contribution in [-0.2, 0) is 13.2 Å². The van der Waals surface area contributed by atoms with Crippen molar-refractivity contribution in [2.45, 2.75) is 13.2 Å². The zero-order valence-electron chi connectivity index (χ0n) is 11.5. The van der Waals surface area contributed by atoms with Crippen molar-refractivity contribution >= 4 is 22.6 Å². The van der Waals surface area contributed by atoms with Crippen molar-refractivity contribution in [2.24, 2.45) is 5.73 Å². The van der Waals surface area contributed by atoms with Gasteiger partial charge in [0, 0.05) is 18.1 Å². The Morgan fingerprint density at radius 3 is 2.62 bits per heavy atom. The summed E-state index contributed by atoms with van der Waals surface area (Å²) in [7, 11) is 0. The average Bonchev–Trinajstić information content (AvgIpc) is 2.85. The highest BCUT2D eigenvalue weighted by molar-refractivity contribution is 6.30. The van der Waals surface area contributed by atoms with E-state index in [-0.39, 0.29) is 0 Å². The number of hydrogen-bond acceptors (Lipinski definition) is 3. The number of para-hydroxylation sites is 2. The van der Waals surface area contributed by atoms with E-state index in [1.54, 1.807) is 12.1 Å². The highest BCUT2D eigenvalue weighted by atomic mass is 35.5. The van der Waals surface area contributed by atoms with Gasteiger partial charge in [0.05, 0.1) is 11.0 Å². The Hall–Kier alpha value is -2.04. The number of hydrogen-bond donors (Lipinski definition) is 1. The Morgan fingerprint density at radius 1 is 1.10 bits per heavy atom. The molecule has 0 saturated carbocycles. The van der Waals surface area contributed by atoms with Gasteiger partial charge in [0.2, 0.25) is 0 Å². The summed E-state index contributed by atoms with van der Waals surface area (Å²) in [6.45, 7) is 1.68. The number of nitrogens with zero attached hydrogens (tertiary/aromatic N) is 2. The predicted molar refractivity (Wildman–Crippen MR) is 84.6 cm³/mol. The largest absolute Gasteiger partial charge is 0.486 e. The van der Waals surface area contributed by atoms with Crippen molar-refractivity contribution in [3.05, 3.63) is 59.4 Å². The van der Waals surface area contributed by atoms with Crippen LogP contribution in [0, 0.1) is 0 Å². The number of ether oxygens (including phenoxy) is 1. The van der Waals surface area contributed by atoms with E-state index in [2.05, 4.69) is 9.55 Å². The zero-order chi connectivity index (χ0) is 14.7. The van der Waals surface area contributed by atoms with Crippen LogP contribution >= 0.6 is 11.6 Å². The van der Waals surface area contributed by atoms with Crippen LogP contribution in [0.15, 0.2) is 48.5 Å². The normalized spacial score (nSPS) is 11.0. The van der Waals surface area contributed by atoms with Gasteiger partial charge in [-0.05, 0) is 36.4 Å². The van der Waals surface area contributed by atoms with Gasteiger partial charge in [-0.1, -0.05) is 23.7 Å². The van der Waals surface area contributed by atoms with E-state index in [0.717, 1.165) is 29.2 Å². The molecule has 0 unspecified atom stereocenters. The van der Waals surface area contributed by atoms with Crippen molar-refractivity contribution in [2.75, 3.05) is 6.54 Å². The van der Waals surface area contributed by atoms with Crippen molar-refractivity contribution in [1.82, 2.24) is 9.55 Å². The van der Waals surface area contributed by atoms with Crippen LogP contribution in [0.3, 0.4) is 0 Å². The Bertz CT molecular complexity index is 737. The molecule has 108 valence electrons. The first-order valence-corrected chi connectivity index (χ1v) is 7.18. The summed E-state index contributed by atoms with van der Waals surface area (Å²) in [4.78, 5) is 4.62. The van der Waals surface area contributed by atoms with E-state index in [9.17, 15) is 0 Å². The summed E-state index contributed by atoms with van der Waals surface area (Å²) in [5.74, 6) is 1.64. The zero-order valence-corrected chi connectivity index (χ0v) is 12.3. The first kappa shape index (κ1) is 13.9. The number of rotatable bonds is 5. The van der Waals surface area contributed by atoms with Gasteiger partial charge in [-0.25, -0.2) is 4.98 Å². The molecule has 4 nitrogen and oxygen atoms in total. The summed E-state index contributed by atoms with van der Waals surface area (Å²) in [6, 6.07) is 15.3. The first-order valence-electron chi connectivity index (χ1n) is 6.80. The number of halogens is 1. The highest BCUT2D eigenvalue weighted by Gasteiger charge is 2.10. The minimum atomic E-state index is 0.399. The predicted octanol–water partition coefficient (Wildman–Crippen LogP) is 3.23. The third-order valence-corrected chi connectivity index (χ3v) is 3.52. The molecular formula is C16H16ClN3O. The van der Waals surface area contributed by atoms with Gasteiger partial charge in [0.15, 0.2) is 0 Å². The topological polar surface area (TPSA) is 53.1 Å². The summed E-state index contributed by atoms with van der Waals surface area (Å²) in [5, 5.41) is 0.692. The SMILES string of the molecule is NCCn1c(COc2ccc(Cl)cc2)nc2ccccc21. The fourth-order valence-electron chi connectivity index (χ4n) is 2.29. The van der Waals surface area contributed by atoms with Crippen LogP contribution < -0.4 is 10.5 Å². The van der Waals surface area contributed by atoms with Crippen LogP contribution in [0.1, 0.15) is 5.82 Å². The quantitative estimate of drug-likeness (QED) is 0.787. The second kappa shape index (κ2) is 6.16. The summed E-state index contributed by atoms with van der Waals surface area (Å²) in [5.41, 5.74) is 7.74. The third-order valence-electron chi connectivity index (χ3n) is 3.27. The maximum Gasteiger partial charge on any atom is 0.148 e. The van der Waals surface area contributed by atoms with Gasteiger partial charge in [0.1, 0.15) is 18.2 Å². The average molecular weight is 302 g/mol. The summed E-state index contributed by atoms with van der Waals surface area (Å²) in [6.07, 6.45) is 0. The van der Waals surface area contributed by atoms with Crippen molar-refractivity contribution in [1.29, 1.82) is 0 Å². The van der Waals surface area contributed by atoms with Gasteiger partial charge < -0.3 is 15.0 Å². The van der Waals surface area contributed by atoms with E-state index in [1.807, 2.05) is 36.4 Å². The fraction of sp³-hybridized carbons (Fsp3) is 0.188. The van der Waals surface area contributed by atoms with E-state index >= 15 is 0 Å². The Labute approximate surface area is 128 Å². The lowest BCUT2D eigenvalue weighted by Gasteiger charge is -2.09. The minimum absolute atomic E-state index is 0.399. The highest BCUT2D eigenvalue weighted by Crippen LogP contribution is 2.19. The standard InChI is InChI=1S/C16H16ClN3O/c17-12-5-7-13(8-6-12)21-11-16-19-14-3-1-2-4-15(14)20(16)10-9-18/h1-8H,9-11,18H2. The monoisotopic (exact) mass is 301 g/mol. The van der Waals surface area contributed by atoms with E-state index in [1.165, 1.54) is 0 Å². The van der Waals surface area contributed by atoms with Gasteiger partial charge >= 0.3 is 0 Å². The van der Waals surface area contributed by atoms with E-state index in [0.29, 0.717) is 18.2 Å². The third kappa shape index (κ3) is 3.01. The molecule has 3 rings (SSSR count). The number of aromatic nitrogens is 2. The molecule has 0 aliphatic heterocycles. The molecule has 0 atom stereocenters. The van der Waals surface area contributed by atoms with Gasteiger partial charge in [-0.2, -0.15) is 0 Å². The number of nitrogens with two attached hydrogens (primary N) is 1. The molecule has 0 aliphatic rings. The molecule has 3 aromatic rings.